The molecule has 0 aromatic rings. The molecule has 0 aliphatic heterocycles. The molecule has 24 heavy (non-hydrogen) atoms. The third-order valence-corrected chi connectivity index (χ3v) is 10.3. The van der Waals surface area contributed by atoms with Crippen molar-refractivity contribution in [2.45, 2.75) is 24.9 Å². The number of hydrogen-bond acceptors (Lipinski definition) is 8. The molecule has 0 radical (unpaired) electrons. The highest BCUT2D eigenvalue weighted by molar-refractivity contribution is 7.76. The molecule has 0 aliphatic rings. The van der Waals surface area contributed by atoms with Crippen LogP contribution in [0.4, 0.5) is 0 Å². The zero-order valence-electron chi connectivity index (χ0n) is 15.4. The Balaban J connectivity index is 4.45. The highest BCUT2D eigenvalue weighted by Crippen LogP contribution is 2.18. The predicted molar refractivity (Wildman–Crippen MR) is 92.9 cm³/mol. The van der Waals surface area contributed by atoms with Gasteiger partial charge >= 0.3 is 17.6 Å². The van der Waals surface area contributed by atoms with Crippen LogP contribution >= 0.6 is 0 Å². The molecular weight excluding hydrogens is 374 g/mol. The summed E-state index contributed by atoms with van der Waals surface area (Å²) < 4.78 is 56.1. The molecule has 9 nitrogen and oxygen atoms in total. The molecule has 0 fully saturated rings. The fourth-order valence-electron chi connectivity index (χ4n) is 2.32. The maximum absolute atomic E-state index is 11.4. The Morgan fingerprint density at radius 2 is 1.04 bits per heavy atom. The van der Waals surface area contributed by atoms with Crippen molar-refractivity contribution in [2.24, 2.45) is 0 Å². The van der Waals surface area contributed by atoms with Crippen LogP contribution in [0.1, 0.15) is 12.8 Å². The lowest BCUT2D eigenvalue weighted by Gasteiger charge is -2.29. The molecule has 1 atom stereocenters. The summed E-state index contributed by atoms with van der Waals surface area (Å²) in [5.74, 6) is 0. The van der Waals surface area contributed by atoms with Gasteiger partial charge in [-0.3, -0.25) is 4.21 Å². The van der Waals surface area contributed by atoms with Gasteiger partial charge in [0, 0.05) is 79.1 Å². The van der Waals surface area contributed by atoms with E-state index >= 15 is 0 Å². The molecule has 0 heterocycles. The normalized spacial score (nSPS) is 14.3. The van der Waals surface area contributed by atoms with Gasteiger partial charge in [0.15, 0.2) is 0 Å². The van der Waals surface area contributed by atoms with Gasteiger partial charge in [0.05, 0.1) is 0 Å². The zero-order chi connectivity index (χ0) is 18.6. The first-order valence-corrected chi connectivity index (χ1v) is 12.4. The van der Waals surface area contributed by atoms with Crippen molar-refractivity contribution < 1.29 is 35.3 Å². The highest BCUT2D eigenvalue weighted by atomic mass is 32.2. The quantitative estimate of drug-likeness (QED) is 0.289. The largest absolute Gasteiger partial charge is 0.760 e. The first-order valence-electron chi connectivity index (χ1n) is 7.53. The fraction of sp³-hybridized carbons (Fsp3) is 1.00. The molecule has 0 bridgehead atoms. The van der Waals surface area contributed by atoms with Gasteiger partial charge in [0.25, 0.3) is 0 Å². The predicted octanol–water partition coefficient (Wildman–Crippen LogP) is 0.619. The molecule has 0 amide bonds. The first-order chi connectivity index (χ1) is 11.4. The summed E-state index contributed by atoms with van der Waals surface area (Å²) >= 11 is -2.30. The van der Waals surface area contributed by atoms with E-state index in [2.05, 4.69) is 0 Å². The molecule has 0 aromatic heterocycles. The van der Waals surface area contributed by atoms with E-state index in [1.807, 2.05) is 0 Å². The van der Waals surface area contributed by atoms with Gasteiger partial charge in [-0.2, -0.15) is 0 Å². The van der Waals surface area contributed by atoms with E-state index < -0.39 is 28.9 Å². The molecule has 0 aliphatic carbocycles. The Labute approximate surface area is 149 Å². The maximum atomic E-state index is 11.4. The molecule has 0 saturated heterocycles. The van der Waals surface area contributed by atoms with Crippen LogP contribution in [0, 0.1) is 0 Å². The van der Waals surface area contributed by atoms with Crippen molar-refractivity contribution in [2.75, 3.05) is 55.7 Å². The lowest BCUT2D eigenvalue weighted by atomic mass is 10.4. The third-order valence-electron chi connectivity index (χ3n) is 3.86. The minimum absolute atomic E-state index is 0.364. The summed E-state index contributed by atoms with van der Waals surface area (Å²) in [6.07, 6.45) is 1.16. The number of nitrogens with zero attached hydrogens (tertiary/aromatic N) is 1. The number of rotatable bonds is 15. The van der Waals surface area contributed by atoms with Gasteiger partial charge in [0.2, 0.25) is 0 Å². The monoisotopic (exact) mass is 404 g/mol. The Bertz CT molecular complexity index is 315. The summed E-state index contributed by atoms with van der Waals surface area (Å²) in [6, 6.07) is 1.08. The van der Waals surface area contributed by atoms with Crippen LogP contribution in [0.15, 0.2) is 0 Å². The number of hydrogen-bond donors (Lipinski definition) is 0. The van der Waals surface area contributed by atoms with Crippen molar-refractivity contribution in [3.8, 4) is 0 Å². The molecule has 0 aromatic carbocycles. The molecule has 146 valence electrons. The summed E-state index contributed by atoms with van der Waals surface area (Å²) in [4.78, 5) is 0. The lowest BCUT2D eigenvalue weighted by molar-refractivity contribution is 0.121. The van der Waals surface area contributed by atoms with Crippen molar-refractivity contribution in [1.82, 2.24) is 4.31 Å². The van der Waals surface area contributed by atoms with E-state index in [1.54, 1.807) is 0 Å². The first kappa shape index (κ1) is 24.3. The Morgan fingerprint density at radius 3 is 1.25 bits per heavy atom. The molecule has 12 heteroatoms. The standard InChI is InChI=1S/C12H31NO8SSi2/c1-16-23(17-2,18-3)11-7-9-13(22(14)15)10-8-12-24(19-4,20-5)21-6/h7-12H2,1-6H3,(H,14,15)/p-1. The Morgan fingerprint density at radius 1 is 0.750 bits per heavy atom. The van der Waals surface area contributed by atoms with Gasteiger partial charge in [-0.25, -0.2) is 4.31 Å². The van der Waals surface area contributed by atoms with Crippen LogP contribution in [0.3, 0.4) is 0 Å². The minimum Gasteiger partial charge on any atom is -0.760 e. The molecule has 0 spiro atoms. The van der Waals surface area contributed by atoms with Gasteiger partial charge < -0.3 is 31.1 Å². The van der Waals surface area contributed by atoms with E-state index in [9.17, 15) is 8.76 Å². The van der Waals surface area contributed by atoms with Gasteiger partial charge in [-0.15, -0.1) is 0 Å². The van der Waals surface area contributed by atoms with E-state index in [0.717, 1.165) is 0 Å². The van der Waals surface area contributed by atoms with E-state index in [4.69, 9.17) is 26.6 Å². The highest BCUT2D eigenvalue weighted by Gasteiger charge is 2.38. The second kappa shape index (κ2) is 12.6. The smallest absolute Gasteiger partial charge is 0.500 e. The average Bonchev–Trinajstić information content (AvgIpc) is 2.61. The second-order valence-corrected chi connectivity index (χ2v) is 12.1. The van der Waals surface area contributed by atoms with Crippen LogP contribution in [0.25, 0.3) is 0 Å². The molecule has 1 unspecified atom stereocenters. The lowest BCUT2D eigenvalue weighted by Crippen LogP contribution is -2.44. The third kappa shape index (κ3) is 7.65. The van der Waals surface area contributed by atoms with Crippen LogP contribution in [-0.2, 0) is 37.8 Å². The summed E-state index contributed by atoms with van der Waals surface area (Å²) in [7, 11) is 3.85. The topological polar surface area (TPSA) is 98.8 Å². The molecular formula is C12H30NO8SSi2-. The van der Waals surface area contributed by atoms with Gasteiger partial charge in [-0.05, 0) is 12.8 Å². The molecule has 0 N–H and O–H groups in total. The van der Waals surface area contributed by atoms with Crippen LogP contribution in [-0.4, -0.2) is 86.4 Å². The van der Waals surface area contributed by atoms with Crippen molar-refractivity contribution in [1.29, 1.82) is 0 Å². The van der Waals surface area contributed by atoms with E-state index in [0.29, 0.717) is 38.0 Å². The second-order valence-electron chi connectivity index (χ2n) is 4.94. The van der Waals surface area contributed by atoms with Crippen molar-refractivity contribution in [3.05, 3.63) is 0 Å². The van der Waals surface area contributed by atoms with Gasteiger partial charge in [0.1, 0.15) is 0 Å². The summed E-state index contributed by atoms with van der Waals surface area (Å²) in [5.41, 5.74) is 0. The van der Waals surface area contributed by atoms with Crippen molar-refractivity contribution >= 4 is 28.9 Å². The average molecular weight is 405 g/mol. The minimum atomic E-state index is -2.68. The Kier molecular flexibility index (Phi) is 12.7. The van der Waals surface area contributed by atoms with E-state index in [-0.39, 0.29) is 0 Å². The molecule has 0 rings (SSSR count). The summed E-state index contributed by atoms with van der Waals surface area (Å²) in [5, 5.41) is 0. The van der Waals surface area contributed by atoms with Crippen molar-refractivity contribution in [3.63, 3.8) is 0 Å². The zero-order valence-corrected chi connectivity index (χ0v) is 18.2. The Hall–Kier alpha value is 0.264. The molecule has 0 saturated carbocycles. The maximum Gasteiger partial charge on any atom is 0.500 e. The summed E-state index contributed by atoms with van der Waals surface area (Å²) in [6.45, 7) is 0.727. The van der Waals surface area contributed by atoms with Crippen LogP contribution < -0.4 is 0 Å². The van der Waals surface area contributed by atoms with Gasteiger partial charge in [-0.1, -0.05) is 0 Å². The van der Waals surface area contributed by atoms with E-state index in [1.165, 1.54) is 47.0 Å². The SMILES string of the molecule is CO[Si](CCCN(CCC[Si](OC)(OC)OC)S(=O)[O-])(OC)OC. The fourth-order valence-corrected chi connectivity index (χ4v) is 6.28. The van der Waals surface area contributed by atoms with Crippen LogP contribution in [0.5, 0.6) is 0 Å². The van der Waals surface area contributed by atoms with Crippen LogP contribution in [0.2, 0.25) is 12.1 Å².